The first-order chi connectivity index (χ1) is 6.15. The minimum atomic E-state index is -0.123. The lowest BCUT2D eigenvalue weighted by Crippen LogP contribution is -2.33. The molecule has 1 N–H and O–H groups in total. The van der Waals surface area contributed by atoms with Crippen molar-refractivity contribution in [2.24, 2.45) is 7.05 Å². The Balaban J connectivity index is 2.64. The first kappa shape index (κ1) is 9.70. The highest BCUT2D eigenvalue weighted by Gasteiger charge is 2.12. The van der Waals surface area contributed by atoms with Crippen LogP contribution in [0.1, 0.15) is 30.8 Å². The fourth-order valence-corrected chi connectivity index (χ4v) is 0.895. The van der Waals surface area contributed by atoms with E-state index in [0.29, 0.717) is 5.69 Å². The minimum Gasteiger partial charge on any atom is -0.348 e. The molecule has 5 nitrogen and oxygen atoms in total. The summed E-state index contributed by atoms with van der Waals surface area (Å²) in [6.45, 7) is 3.98. The zero-order chi connectivity index (χ0) is 9.84. The van der Waals surface area contributed by atoms with Crippen LogP contribution in [0.5, 0.6) is 0 Å². The van der Waals surface area contributed by atoms with Crippen LogP contribution >= 0.6 is 0 Å². The van der Waals surface area contributed by atoms with E-state index in [4.69, 9.17) is 0 Å². The fourth-order valence-electron chi connectivity index (χ4n) is 0.895. The highest BCUT2D eigenvalue weighted by atomic mass is 16.2. The Morgan fingerprint density at radius 2 is 2.46 bits per heavy atom. The summed E-state index contributed by atoms with van der Waals surface area (Å²) in [5.41, 5.74) is 0.486. The lowest BCUT2D eigenvalue weighted by molar-refractivity contribution is 0.0930. The Labute approximate surface area is 77.1 Å². The lowest BCUT2D eigenvalue weighted by atomic mass is 10.2. The smallest absolute Gasteiger partial charge is 0.271 e. The highest BCUT2D eigenvalue weighted by molar-refractivity contribution is 5.92. The van der Waals surface area contributed by atoms with Crippen molar-refractivity contribution in [3.63, 3.8) is 0 Å². The Kier molecular flexibility index (Phi) is 3.00. The van der Waals surface area contributed by atoms with Gasteiger partial charge in [-0.2, -0.15) is 0 Å². The van der Waals surface area contributed by atoms with Gasteiger partial charge in [0.2, 0.25) is 0 Å². The van der Waals surface area contributed by atoms with Crippen LogP contribution in [0.15, 0.2) is 6.20 Å². The summed E-state index contributed by atoms with van der Waals surface area (Å²) in [6, 6.07) is 0.183. The van der Waals surface area contributed by atoms with Crippen molar-refractivity contribution in [1.29, 1.82) is 0 Å². The molecule has 0 fully saturated rings. The van der Waals surface area contributed by atoms with Gasteiger partial charge in [-0.1, -0.05) is 12.1 Å². The van der Waals surface area contributed by atoms with Gasteiger partial charge in [0.1, 0.15) is 5.69 Å². The molecular formula is C8H14N4O. The van der Waals surface area contributed by atoms with Crippen LogP contribution in [-0.4, -0.2) is 26.9 Å². The van der Waals surface area contributed by atoms with Crippen molar-refractivity contribution in [2.45, 2.75) is 26.3 Å². The topological polar surface area (TPSA) is 59.8 Å². The number of hydrogen-bond acceptors (Lipinski definition) is 3. The molecule has 1 atom stereocenters. The summed E-state index contributed by atoms with van der Waals surface area (Å²) >= 11 is 0. The Hall–Kier alpha value is -1.39. The predicted octanol–water partition coefficient (Wildman–Crippen LogP) is 0.343. The predicted molar refractivity (Wildman–Crippen MR) is 48.2 cm³/mol. The van der Waals surface area contributed by atoms with Crippen molar-refractivity contribution < 1.29 is 4.79 Å². The van der Waals surface area contributed by atoms with Gasteiger partial charge < -0.3 is 5.32 Å². The monoisotopic (exact) mass is 182 g/mol. The molecule has 0 saturated carbocycles. The molecular weight excluding hydrogens is 168 g/mol. The number of hydrogen-bond donors (Lipinski definition) is 1. The number of amides is 1. The van der Waals surface area contributed by atoms with Crippen LogP contribution in [0.4, 0.5) is 0 Å². The number of nitrogens with one attached hydrogen (secondary N) is 1. The van der Waals surface area contributed by atoms with E-state index in [-0.39, 0.29) is 11.9 Å². The molecule has 0 saturated heterocycles. The molecule has 1 rings (SSSR count). The summed E-state index contributed by atoms with van der Waals surface area (Å²) in [5.74, 6) is -0.123. The van der Waals surface area contributed by atoms with Crippen LogP contribution < -0.4 is 5.32 Å². The SMILES string of the molecule is CCC(C)NC(=O)c1cnnn1C. The lowest BCUT2D eigenvalue weighted by Gasteiger charge is -2.10. The quantitative estimate of drug-likeness (QED) is 0.733. The average Bonchev–Trinajstić information content (AvgIpc) is 2.51. The van der Waals surface area contributed by atoms with Gasteiger partial charge in [-0.3, -0.25) is 4.79 Å². The number of carbonyl (C=O) groups excluding carboxylic acids is 1. The minimum absolute atomic E-state index is 0.123. The maximum atomic E-state index is 11.5. The van der Waals surface area contributed by atoms with E-state index in [9.17, 15) is 4.79 Å². The van der Waals surface area contributed by atoms with Gasteiger partial charge in [-0.15, -0.1) is 5.10 Å². The molecule has 0 aliphatic heterocycles. The summed E-state index contributed by atoms with van der Waals surface area (Å²) in [4.78, 5) is 11.5. The second kappa shape index (κ2) is 4.02. The Bertz CT molecular complexity index is 294. The second-order valence-corrected chi connectivity index (χ2v) is 3.03. The van der Waals surface area contributed by atoms with Crippen LogP contribution in [0.2, 0.25) is 0 Å². The van der Waals surface area contributed by atoms with E-state index in [0.717, 1.165) is 6.42 Å². The Morgan fingerprint density at radius 1 is 1.77 bits per heavy atom. The molecule has 1 aromatic rings. The Morgan fingerprint density at radius 3 is 2.92 bits per heavy atom. The average molecular weight is 182 g/mol. The van der Waals surface area contributed by atoms with Crippen molar-refractivity contribution in [3.05, 3.63) is 11.9 Å². The van der Waals surface area contributed by atoms with Crippen molar-refractivity contribution in [2.75, 3.05) is 0 Å². The maximum Gasteiger partial charge on any atom is 0.271 e. The molecule has 5 heteroatoms. The maximum absolute atomic E-state index is 11.5. The van der Waals surface area contributed by atoms with Gasteiger partial charge >= 0.3 is 0 Å². The summed E-state index contributed by atoms with van der Waals surface area (Å²) in [6.07, 6.45) is 2.37. The zero-order valence-electron chi connectivity index (χ0n) is 8.11. The van der Waals surface area contributed by atoms with Crippen LogP contribution in [-0.2, 0) is 7.05 Å². The number of aromatic nitrogens is 3. The molecule has 0 bridgehead atoms. The van der Waals surface area contributed by atoms with Crippen molar-refractivity contribution in [1.82, 2.24) is 20.3 Å². The second-order valence-electron chi connectivity index (χ2n) is 3.03. The molecule has 13 heavy (non-hydrogen) atoms. The van der Waals surface area contributed by atoms with Gasteiger partial charge in [0.25, 0.3) is 5.91 Å². The van der Waals surface area contributed by atoms with E-state index in [1.165, 1.54) is 10.9 Å². The van der Waals surface area contributed by atoms with Crippen LogP contribution in [0.25, 0.3) is 0 Å². The number of rotatable bonds is 3. The standard InChI is InChI=1S/C8H14N4O/c1-4-6(2)10-8(13)7-5-9-11-12(7)3/h5-6H,4H2,1-3H3,(H,10,13). The molecule has 1 heterocycles. The van der Waals surface area contributed by atoms with E-state index in [1.54, 1.807) is 7.05 Å². The molecule has 1 aromatic heterocycles. The van der Waals surface area contributed by atoms with Crippen LogP contribution in [0, 0.1) is 0 Å². The molecule has 72 valence electrons. The third-order valence-corrected chi connectivity index (χ3v) is 1.94. The first-order valence-corrected chi connectivity index (χ1v) is 4.30. The zero-order valence-corrected chi connectivity index (χ0v) is 8.11. The normalized spacial score (nSPS) is 12.5. The van der Waals surface area contributed by atoms with Gasteiger partial charge in [0, 0.05) is 13.1 Å². The van der Waals surface area contributed by atoms with Crippen molar-refractivity contribution in [3.8, 4) is 0 Å². The molecule has 0 aliphatic carbocycles. The number of nitrogens with zero attached hydrogens (tertiary/aromatic N) is 3. The van der Waals surface area contributed by atoms with E-state index >= 15 is 0 Å². The third-order valence-electron chi connectivity index (χ3n) is 1.94. The van der Waals surface area contributed by atoms with E-state index in [1.807, 2.05) is 13.8 Å². The van der Waals surface area contributed by atoms with Crippen LogP contribution in [0.3, 0.4) is 0 Å². The van der Waals surface area contributed by atoms with Gasteiger partial charge in [0.05, 0.1) is 6.20 Å². The van der Waals surface area contributed by atoms with Gasteiger partial charge in [0.15, 0.2) is 0 Å². The van der Waals surface area contributed by atoms with Gasteiger partial charge in [-0.05, 0) is 13.3 Å². The largest absolute Gasteiger partial charge is 0.348 e. The van der Waals surface area contributed by atoms with E-state index < -0.39 is 0 Å². The summed E-state index contributed by atoms with van der Waals surface area (Å²) in [7, 11) is 1.69. The molecule has 1 amide bonds. The molecule has 1 unspecified atom stereocenters. The first-order valence-electron chi connectivity index (χ1n) is 4.30. The van der Waals surface area contributed by atoms with Gasteiger partial charge in [-0.25, -0.2) is 4.68 Å². The number of carbonyl (C=O) groups is 1. The summed E-state index contributed by atoms with van der Waals surface area (Å²) < 4.78 is 1.46. The molecule has 0 spiro atoms. The summed E-state index contributed by atoms with van der Waals surface area (Å²) in [5, 5.41) is 10.1. The highest BCUT2D eigenvalue weighted by Crippen LogP contribution is 1.95. The number of aryl methyl sites for hydroxylation is 1. The molecule has 0 radical (unpaired) electrons. The fraction of sp³-hybridized carbons (Fsp3) is 0.625. The van der Waals surface area contributed by atoms with Crippen molar-refractivity contribution >= 4 is 5.91 Å². The molecule has 0 aliphatic rings. The molecule has 0 aromatic carbocycles. The third kappa shape index (κ3) is 2.27. The van der Waals surface area contributed by atoms with E-state index in [2.05, 4.69) is 15.6 Å².